The number of hydrogen-bond acceptors (Lipinski definition) is 5. The zero-order valence-corrected chi connectivity index (χ0v) is 10.3. The second-order valence-corrected chi connectivity index (χ2v) is 4.05. The van der Waals surface area contributed by atoms with Crippen LogP contribution in [0.25, 0.3) is 0 Å². The number of hydrogen-bond donors (Lipinski definition) is 3. The minimum absolute atomic E-state index is 0.197. The van der Waals surface area contributed by atoms with E-state index in [-0.39, 0.29) is 6.61 Å². The molecule has 0 saturated carbocycles. The fourth-order valence-electron chi connectivity index (χ4n) is 1.20. The molecule has 0 saturated heterocycles. The van der Waals surface area contributed by atoms with Gasteiger partial charge in [0.25, 0.3) is 0 Å². The predicted octanol–water partition coefficient (Wildman–Crippen LogP) is 1.60. The summed E-state index contributed by atoms with van der Waals surface area (Å²) in [6, 6.07) is 0. The van der Waals surface area contributed by atoms with Gasteiger partial charge in [0, 0.05) is 20.2 Å². The Hall–Kier alpha value is -1.07. The van der Waals surface area contributed by atoms with Crippen LogP contribution in [0.5, 0.6) is 0 Å². The molecule has 1 unspecified atom stereocenters. The lowest BCUT2D eigenvalue weighted by molar-refractivity contribution is 0.266. The van der Waals surface area contributed by atoms with Gasteiger partial charge in [-0.05, 0) is 12.3 Å². The zero-order valence-electron chi connectivity index (χ0n) is 9.50. The normalized spacial score (nSPS) is 12.2. The zero-order chi connectivity index (χ0) is 12.0. The first-order chi connectivity index (χ1) is 7.67. The van der Waals surface area contributed by atoms with Crippen molar-refractivity contribution in [2.24, 2.45) is 5.92 Å². The number of anilines is 2. The average molecular weight is 245 g/mol. The summed E-state index contributed by atoms with van der Waals surface area (Å²) < 4.78 is 0. The van der Waals surface area contributed by atoms with Gasteiger partial charge in [0.15, 0.2) is 0 Å². The van der Waals surface area contributed by atoms with E-state index in [0.717, 1.165) is 13.0 Å². The Morgan fingerprint density at radius 3 is 2.94 bits per heavy atom. The number of aliphatic hydroxyl groups is 1. The van der Waals surface area contributed by atoms with E-state index in [1.807, 2.05) is 0 Å². The molecule has 5 nitrogen and oxygen atoms in total. The minimum atomic E-state index is 0.197. The highest BCUT2D eigenvalue weighted by Gasteiger charge is 2.06. The molecule has 0 aliphatic heterocycles. The third kappa shape index (κ3) is 3.83. The van der Waals surface area contributed by atoms with Gasteiger partial charge in [0.05, 0.1) is 6.20 Å². The van der Waals surface area contributed by atoms with E-state index in [1.165, 1.54) is 0 Å². The second-order valence-electron chi connectivity index (χ2n) is 3.64. The Labute approximate surface area is 100 Å². The monoisotopic (exact) mass is 244 g/mol. The first-order valence-electron chi connectivity index (χ1n) is 5.22. The van der Waals surface area contributed by atoms with Crippen molar-refractivity contribution in [3.63, 3.8) is 0 Å². The molecule has 90 valence electrons. The van der Waals surface area contributed by atoms with E-state index in [1.54, 1.807) is 13.2 Å². The average Bonchev–Trinajstić information content (AvgIpc) is 2.28. The lowest BCUT2D eigenvalue weighted by atomic mass is 10.1. The number of rotatable bonds is 6. The molecule has 1 atom stereocenters. The van der Waals surface area contributed by atoms with Crippen molar-refractivity contribution in [3.05, 3.63) is 11.2 Å². The molecule has 1 aromatic rings. The van der Waals surface area contributed by atoms with Gasteiger partial charge in [-0.15, -0.1) is 0 Å². The summed E-state index contributed by atoms with van der Waals surface area (Å²) in [6.07, 6.45) is 2.31. The van der Waals surface area contributed by atoms with Crippen molar-refractivity contribution in [1.82, 2.24) is 9.97 Å². The van der Waals surface area contributed by atoms with Crippen molar-refractivity contribution in [2.45, 2.75) is 13.3 Å². The third-order valence-corrected chi connectivity index (χ3v) is 2.48. The van der Waals surface area contributed by atoms with E-state index in [9.17, 15) is 0 Å². The molecule has 0 amide bonds. The number of aromatic nitrogens is 2. The molecule has 0 spiro atoms. The van der Waals surface area contributed by atoms with Crippen LogP contribution in [-0.4, -0.2) is 35.3 Å². The Morgan fingerprint density at radius 1 is 1.56 bits per heavy atom. The van der Waals surface area contributed by atoms with E-state index in [4.69, 9.17) is 16.7 Å². The van der Waals surface area contributed by atoms with Gasteiger partial charge < -0.3 is 15.7 Å². The third-order valence-electron chi connectivity index (χ3n) is 2.21. The molecule has 0 aliphatic carbocycles. The SMILES string of the molecule is CNc1ncc(Cl)c(NCC(C)CCO)n1. The Morgan fingerprint density at radius 2 is 2.31 bits per heavy atom. The van der Waals surface area contributed by atoms with Gasteiger partial charge in [-0.2, -0.15) is 4.98 Å². The van der Waals surface area contributed by atoms with Crippen molar-refractivity contribution < 1.29 is 5.11 Å². The molecule has 1 rings (SSSR count). The Balaban J connectivity index is 2.58. The van der Waals surface area contributed by atoms with Crippen molar-refractivity contribution in [3.8, 4) is 0 Å². The molecule has 1 aromatic heterocycles. The molecular formula is C10H17ClN4O. The molecule has 3 N–H and O–H groups in total. The van der Waals surface area contributed by atoms with Crippen molar-refractivity contribution in [2.75, 3.05) is 30.8 Å². The van der Waals surface area contributed by atoms with Gasteiger partial charge in [0.2, 0.25) is 5.95 Å². The fourth-order valence-corrected chi connectivity index (χ4v) is 1.36. The van der Waals surface area contributed by atoms with E-state index < -0.39 is 0 Å². The Kier molecular flexibility index (Phi) is 5.28. The molecule has 1 heterocycles. The van der Waals surface area contributed by atoms with Crippen LogP contribution in [-0.2, 0) is 0 Å². The summed E-state index contributed by atoms with van der Waals surface area (Å²) in [6.45, 7) is 2.97. The van der Waals surface area contributed by atoms with Gasteiger partial charge in [-0.3, -0.25) is 0 Å². The first kappa shape index (κ1) is 13.0. The molecular weight excluding hydrogens is 228 g/mol. The molecule has 6 heteroatoms. The van der Waals surface area contributed by atoms with Crippen LogP contribution >= 0.6 is 11.6 Å². The van der Waals surface area contributed by atoms with Crippen molar-refractivity contribution in [1.29, 1.82) is 0 Å². The van der Waals surface area contributed by atoms with Gasteiger partial charge in [0.1, 0.15) is 10.8 Å². The summed E-state index contributed by atoms with van der Waals surface area (Å²) in [5, 5.41) is 15.3. The van der Waals surface area contributed by atoms with Crippen LogP contribution < -0.4 is 10.6 Å². The van der Waals surface area contributed by atoms with E-state index in [2.05, 4.69) is 27.5 Å². The van der Waals surface area contributed by atoms with E-state index in [0.29, 0.717) is 22.7 Å². The maximum Gasteiger partial charge on any atom is 0.224 e. The van der Waals surface area contributed by atoms with Gasteiger partial charge >= 0.3 is 0 Å². The summed E-state index contributed by atoms with van der Waals surface area (Å²) >= 11 is 5.95. The molecule has 0 bridgehead atoms. The van der Waals surface area contributed by atoms with Gasteiger partial charge in [-0.1, -0.05) is 18.5 Å². The van der Waals surface area contributed by atoms with Crippen LogP contribution in [0.2, 0.25) is 5.02 Å². The number of nitrogens with one attached hydrogen (secondary N) is 2. The Bertz CT molecular complexity index is 335. The molecule has 0 fully saturated rings. The van der Waals surface area contributed by atoms with Crippen LogP contribution in [0.15, 0.2) is 6.20 Å². The number of aliphatic hydroxyl groups excluding tert-OH is 1. The summed E-state index contributed by atoms with van der Waals surface area (Å²) in [7, 11) is 1.75. The molecule has 0 aliphatic rings. The predicted molar refractivity (Wildman–Crippen MR) is 65.9 cm³/mol. The highest BCUT2D eigenvalue weighted by molar-refractivity contribution is 6.32. The molecule has 16 heavy (non-hydrogen) atoms. The highest BCUT2D eigenvalue weighted by atomic mass is 35.5. The topological polar surface area (TPSA) is 70.1 Å². The van der Waals surface area contributed by atoms with Gasteiger partial charge in [-0.25, -0.2) is 4.98 Å². The quantitative estimate of drug-likeness (QED) is 0.709. The highest BCUT2D eigenvalue weighted by Crippen LogP contribution is 2.19. The maximum atomic E-state index is 8.78. The number of nitrogens with zero attached hydrogens (tertiary/aromatic N) is 2. The van der Waals surface area contributed by atoms with Crippen LogP contribution in [0.1, 0.15) is 13.3 Å². The van der Waals surface area contributed by atoms with E-state index >= 15 is 0 Å². The standard InChI is InChI=1S/C10H17ClN4O/c1-7(3-4-16)5-13-9-8(11)6-14-10(12-2)15-9/h6-7,16H,3-5H2,1-2H3,(H2,12,13,14,15). The lowest BCUT2D eigenvalue weighted by Crippen LogP contribution is -2.14. The number of halogens is 1. The first-order valence-corrected chi connectivity index (χ1v) is 5.60. The van der Waals surface area contributed by atoms with Crippen molar-refractivity contribution >= 4 is 23.4 Å². The smallest absolute Gasteiger partial charge is 0.224 e. The maximum absolute atomic E-state index is 8.78. The van der Waals surface area contributed by atoms with Crippen LogP contribution in [0.4, 0.5) is 11.8 Å². The molecule has 0 aromatic carbocycles. The largest absolute Gasteiger partial charge is 0.396 e. The fraction of sp³-hybridized carbons (Fsp3) is 0.600. The van der Waals surface area contributed by atoms with Crippen LogP contribution in [0, 0.1) is 5.92 Å². The molecule has 0 radical (unpaired) electrons. The summed E-state index contributed by atoms with van der Waals surface area (Å²) in [5.41, 5.74) is 0. The van der Waals surface area contributed by atoms with Crippen LogP contribution in [0.3, 0.4) is 0 Å². The second kappa shape index (κ2) is 6.50. The summed E-state index contributed by atoms with van der Waals surface area (Å²) in [5.74, 6) is 1.52. The summed E-state index contributed by atoms with van der Waals surface area (Å²) in [4.78, 5) is 8.18. The minimum Gasteiger partial charge on any atom is -0.396 e. The lowest BCUT2D eigenvalue weighted by Gasteiger charge is -2.12.